The Morgan fingerprint density at radius 1 is 0.656 bits per heavy atom. The fourth-order valence-corrected chi connectivity index (χ4v) is 8.84. The highest BCUT2D eigenvalue weighted by molar-refractivity contribution is 7.47. The molecule has 0 amide bonds. The molecule has 30 nitrogen and oxygen atoms in total. The van der Waals surface area contributed by atoms with Crippen molar-refractivity contribution in [3.05, 3.63) is 48.1 Å². The van der Waals surface area contributed by atoms with Gasteiger partial charge in [0, 0.05) is 6.20 Å². The number of phosphoric ester groups is 2. The fourth-order valence-electron chi connectivity index (χ4n) is 6.95. The second-order valence-electron chi connectivity index (χ2n) is 13.7. The number of aliphatic hydroxyl groups excluding tert-OH is 5. The third-order valence-electron chi connectivity index (χ3n) is 9.90. The van der Waals surface area contributed by atoms with E-state index in [9.17, 15) is 49.2 Å². The molecule has 32 heteroatoms. The molecule has 8 rings (SSSR count). The van der Waals surface area contributed by atoms with Gasteiger partial charge in [0.05, 0.1) is 32.5 Å². The van der Waals surface area contributed by atoms with Crippen molar-refractivity contribution in [2.75, 3.05) is 37.0 Å². The van der Waals surface area contributed by atoms with Crippen LogP contribution < -0.4 is 22.9 Å². The zero-order valence-electron chi connectivity index (χ0n) is 30.8. The van der Waals surface area contributed by atoms with E-state index in [2.05, 4.69) is 34.9 Å². The van der Waals surface area contributed by atoms with E-state index in [4.69, 9.17) is 49.5 Å². The average Bonchev–Trinajstić information content (AvgIpc) is 4.03. The third kappa shape index (κ3) is 8.21. The van der Waals surface area contributed by atoms with E-state index < -0.39 is 115 Å². The number of nitrogens with zero attached hydrogens (tertiary/aromatic N) is 10. The number of anilines is 3. The Morgan fingerprint density at radius 2 is 1.13 bits per heavy atom. The van der Waals surface area contributed by atoms with Crippen LogP contribution in [0, 0.1) is 0 Å². The number of fused-ring (bicyclic) bond motifs is 2. The minimum Gasteiger partial charge on any atom is -0.394 e. The van der Waals surface area contributed by atoms with E-state index in [-0.39, 0.29) is 39.8 Å². The molecular formula is C29H37N13O17P2. The van der Waals surface area contributed by atoms with Crippen LogP contribution >= 0.6 is 15.6 Å². The third-order valence-corrected chi connectivity index (χ3v) is 11.9. The Bertz CT molecular complexity index is 2570. The number of phosphoric acid groups is 2. The van der Waals surface area contributed by atoms with E-state index in [0.29, 0.717) is 0 Å². The van der Waals surface area contributed by atoms with Crippen molar-refractivity contribution in [2.45, 2.75) is 73.6 Å². The Morgan fingerprint density at radius 3 is 1.64 bits per heavy atom. The number of aliphatic hydroxyl groups is 5. The van der Waals surface area contributed by atoms with Crippen molar-refractivity contribution < 1.29 is 76.8 Å². The normalized spacial score (nSPS) is 32.4. The number of hydrogen-bond acceptors (Lipinski definition) is 25. The lowest BCUT2D eigenvalue weighted by atomic mass is 10.1. The van der Waals surface area contributed by atoms with Crippen molar-refractivity contribution >= 4 is 55.4 Å². The smallest absolute Gasteiger partial charge is 0.394 e. The molecule has 3 aliphatic rings. The Kier molecular flexibility index (Phi) is 11.6. The number of nitrogens with two attached hydrogens (primary N) is 3. The van der Waals surface area contributed by atoms with Gasteiger partial charge in [0.2, 0.25) is 0 Å². The van der Waals surface area contributed by atoms with Gasteiger partial charge in [0.15, 0.2) is 41.6 Å². The lowest BCUT2D eigenvalue weighted by Crippen LogP contribution is -2.38. The number of rotatable bonds is 14. The van der Waals surface area contributed by atoms with Gasteiger partial charge in [-0.3, -0.25) is 31.8 Å². The summed E-state index contributed by atoms with van der Waals surface area (Å²) >= 11 is 0. The van der Waals surface area contributed by atoms with Crippen LogP contribution in [-0.2, 0) is 41.4 Å². The summed E-state index contributed by atoms with van der Waals surface area (Å²) in [6, 6.07) is 1.23. The Labute approximate surface area is 339 Å². The van der Waals surface area contributed by atoms with E-state index in [1.54, 1.807) is 0 Å². The summed E-state index contributed by atoms with van der Waals surface area (Å²) in [6.07, 6.45) is -14.2. The van der Waals surface area contributed by atoms with Crippen molar-refractivity contribution in [3.63, 3.8) is 0 Å². The minimum absolute atomic E-state index is 0.0157. The van der Waals surface area contributed by atoms with Crippen molar-refractivity contribution in [1.82, 2.24) is 48.6 Å². The second kappa shape index (κ2) is 16.5. The predicted octanol–water partition coefficient (Wildman–Crippen LogP) is -4.20. The molecular weight excluding hydrogens is 864 g/mol. The quantitative estimate of drug-likeness (QED) is 0.0472. The molecule has 0 saturated carbocycles. The van der Waals surface area contributed by atoms with Crippen LogP contribution in [0.4, 0.5) is 17.5 Å². The zero-order chi connectivity index (χ0) is 43.5. The number of imidazole rings is 2. The molecule has 13 N–H and O–H groups in total. The number of ether oxygens (including phenoxy) is 3. The molecule has 2 unspecified atom stereocenters. The van der Waals surface area contributed by atoms with Crippen LogP contribution in [0.2, 0.25) is 0 Å². The van der Waals surface area contributed by atoms with Crippen LogP contribution in [0.25, 0.3) is 22.3 Å². The number of aromatic nitrogens is 10. The topological polar surface area (TPSA) is 441 Å². The maximum atomic E-state index is 13.7. The van der Waals surface area contributed by atoms with Crippen LogP contribution in [0.15, 0.2) is 42.4 Å². The second-order valence-corrected chi connectivity index (χ2v) is 16.5. The molecule has 5 aromatic heterocycles. The maximum Gasteiger partial charge on any atom is 0.472 e. The lowest BCUT2D eigenvalue weighted by Gasteiger charge is -2.28. The molecule has 3 aliphatic heterocycles. The predicted molar refractivity (Wildman–Crippen MR) is 197 cm³/mol. The van der Waals surface area contributed by atoms with E-state index in [1.165, 1.54) is 17.0 Å². The molecule has 0 radical (unpaired) electrons. The highest BCUT2D eigenvalue weighted by Crippen LogP contribution is 2.54. The summed E-state index contributed by atoms with van der Waals surface area (Å²) in [6.45, 7) is -2.79. The largest absolute Gasteiger partial charge is 0.472 e. The van der Waals surface area contributed by atoms with E-state index in [1.807, 2.05) is 0 Å². The van der Waals surface area contributed by atoms with Gasteiger partial charge < -0.3 is 66.7 Å². The first-order chi connectivity index (χ1) is 29.0. The van der Waals surface area contributed by atoms with Crippen LogP contribution in [0.1, 0.15) is 18.7 Å². The molecule has 3 fully saturated rings. The monoisotopic (exact) mass is 901 g/mol. The molecule has 330 valence electrons. The van der Waals surface area contributed by atoms with Gasteiger partial charge in [-0.05, 0) is 6.07 Å². The lowest BCUT2D eigenvalue weighted by molar-refractivity contribution is -0.0620. The molecule has 5 aromatic rings. The molecule has 0 spiro atoms. The molecule has 0 bridgehead atoms. The van der Waals surface area contributed by atoms with Crippen LogP contribution in [0.5, 0.6) is 0 Å². The molecule has 3 saturated heterocycles. The summed E-state index contributed by atoms with van der Waals surface area (Å²) in [7, 11) is -10.8. The summed E-state index contributed by atoms with van der Waals surface area (Å²) in [5.74, 6) is -0.179. The van der Waals surface area contributed by atoms with Gasteiger partial charge in [0.1, 0.15) is 84.4 Å². The standard InChI is InChI=1S/C29H37N13O17P2/c30-13-1-2-40(29(48)39-13)26-18(46)16(44)11(56-26)4-53-60(49,50)58-20-10(3-43)55-28(42-9-38-15-23(32)34-7-36-25(15)42)21(20)59-61(51,52)54-5-12-17(45)19(47)27(57-12)41-8-37-14-22(31)33-6-35-24(14)41/h1-2,6-12,16-21,26-28,43-47H,3-5H2,(H,49,50)(H,51,52)(H2,30,39,48)(H2,31,33,35)(H2,32,34,36)/t10-,11-,12-,16-,17-,18-,19-,20-,21-,26-,27-,28-/m1/s1. The summed E-state index contributed by atoms with van der Waals surface area (Å²) < 4.78 is 68.8. The van der Waals surface area contributed by atoms with Gasteiger partial charge in [-0.2, -0.15) is 4.98 Å². The molecule has 0 aromatic carbocycles. The molecule has 8 heterocycles. The summed E-state index contributed by atoms with van der Waals surface area (Å²) in [5.41, 5.74) is 16.7. The van der Waals surface area contributed by atoms with Gasteiger partial charge in [-0.1, -0.05) is 0 Å². The minimum atomic E-state index is -5.40. The molecule has 61 heavy (non-hydrogen) atoms. The molecule has 0 aliphatic carbocycles. The Balaban J connectivity index is 1.01. The van der Waals surface area contributed by atoms with Gasteiger partial charge in [-0.15, -0.1) is 0 Å². The average molecular weight is 902 g/mol. The highest BCUT2D eigenvalue weighted by Gasteiger charge is 2.54. The first-order valence-electron chi connectivity index (χ1n) is 17.8. The van der Waals surface area contributed by atoms with Gasteiger partial charge >= 0.3 is 21.3 Å². The van der Waals surface area contributed by atoms with Gasteiger partial charge in [-0.25, -0.2) is 43.8 Å². The van der Waals surface area contributed by atoms with Crippen LogP contribution in [-0.4, -0.2) is 159 Å². The Hall–Kier alpha value is -4.72. The number of nitrogen functional groups attached to an aromatic ring is 3. The number of hydrogen-bond donors (Lipinski definition) is 10. The zero-order valence-corrected chi connectivity index (χ0v) is 32.6. The highest BCUT2D eigenvalue weighted by atomic mass is 31.2. The SMILES string of the molecule is Nc1ccn([C@@H]2O[C@H](COP(=O)(O)O[C@H]3[C@@H](OP(=O)(O)OC[C@H]4O[C@@H](n5cnc6c(N)ncnc65)[C@H](O)[C@@H]4O)[C@H](n4cnc5c(N)ncnc54)O[C@@H]3CO)[C@@H](O)[C@H]2O)c(=O)n1. The molecule has 14 atom stereocenters. The summed E-state index contributed by atoms with van der Waals surface area (Å²) in [4.78, 5) is 62.0. The summed E-state index contributed by atoms with van der Waals surface area (Å²) in [5, 5.41) is 53.2. The van der Waals surface area contributed by atoms with Crippen molar-refractivity contribution in [2.24, 2.45) is 0 Å². The van der Waals surface area contributed by atoms with Crippen molar-refractivity contribution in [3.8, 4) is 0 Å². The van der Waals surface area contributed by atoms with Crippen molar-refractivity contribution in [1.29, 1.82) is 0 Å². The first-order valence-corrected chi connectivity index (χ1v) is 20.8. The van der Waals surface area contributed by atoms with E-state index >= 15 is 0 Å². The van der Waals surface area contributed by atoms with Crippen LogP contribution in [0.3, 0.4) is 0 Å². The fraction of sp³-hybridized carbons (Fsp3) is 0.517. The first kappa shape index (κ1) is 42.9. The van der Waals surface area contributed by atoms with Gasteiger partial charge in [0.25, 0.3) is 0 Å². The maximum absolute atomic E-state index is 13.7. The van der Waals surface area contributed by atoms with E-state index in [0.717, 1.165) is 34.3 Å².